The Kier molecular flexibility index (Phi) is 4.86. The third kappa shape index (κ3) is 3.38. The number of methoxy groups -OCH3 is 1. The van der Waals surface area contributed by atoms with Crippen LogP contribution in [-0.2, 0) is 9.59 Å². The van der Waals surface area contributed by atoms with Crippen molar-refractivity contribution in [2.75, 3.05) is 25.5 Å². The van der Waals surface area contributed by atoms with E-state index >= 15 is 0 Å². The average Bonchev–Trinajstić information content (AvgIpc) is 2.73. The molecule has 6 heteroatoms. The van der Waals surface area contributed by atoms with Crippen molar-refractivity contribution < 1.29 is 18.7 Å². The van der Waals surface area contributed by atoms with Crippen molar-refractivity contribution in [1.29, 1.82) is 0 Å². The standard InChI is InChI=1S/C22H21FN2O3/c1-28-19-4-2-3-17-18(13-20(26)24-21(17)19)22(27)25-11-9-15(10-12-25)14-5-7-16(23)8-6-14/h2-9,18H,10-13H2,1H3,(H,24,26)/t18-/m1/s1. The van der Waals surface area contributed by atoms with Crippen molar-refractivity contribution in [3.63, 3.8) is 0 Å². The summed E-state index contributed by atoms with van der Waals surface area (Å²) in [5.74, 6) is -0.463. The first-order valence-corrected chi connectivity index (χ1v) is 9.27. The molecule has 0 unspecified atom stereocenters. The van der Waals surface area contributed by atoms with Crippen molar-refractivity contribution in [1.82, 2.24) is 4.90 Å². The molecule has 2 aromatic carbocycles. The molecular weight excluding hydrogens is 359 g/mol. The smallest absolute Gasteiger partial charge is 0.231 e. The van der Waals surface area contributed by atoms with Gasteiger partial charge >= 0.3 is 0 Å². The monoisotopic (exact) mass is 380 g/mol. The van der Waals surface area contributed by atoms with Crippen molar-refractivity contribution in [2.45, 2.75) is 18.8 Å². The molecule has 4 rings (SSSR count). The van der Waals surface area contributed by atoms with E-state index in [1.807, 2.05) is 18.2 Å². The predicted octanol–water partition coefficient (Wildman–Crippen LogP) is 3.58. The highest BCUT2D eigenvalue weighted by atomic mass is 19.1. The molecule has 2 amide bonds. The molecule has 5 nitrogen and oxygen atoms in total. The zero-order valence-corrected chi connectivity index (χ0v) is 15.6. The van der Waals surface area contributed by atoms with Gasteiger partial charge in [-0.3, -0.25) is 9.59 Å². The van der Waals surface area contributed by atoms with Crippen LogP contribution < -0.4 is 10.1 Å². The SMILES string of the molecule is COc1cccc2c1NC(=O)C[C@H]2C(=O)N1CC=C(c2ccc(F)cc2)CC1. The zero-order chi connectivity index (χ0) is 19.7. The maximum atomic E-state index is 13.2. The first-order valence-electron chi connectivity index (χ1n) is 9.27. The number of rotatable bonds is 3. The summed E-state index contributed by atoms with van der Waals surface area (Å²) in [6.07, 6.45) is 2.83. The van der Waals surface area contributed by atoms with E-state index < -0.39 is 5.92 Å². The number of para-hydroxylation sites is 1. The largest absolute Gasteiger partial charge is 0.495 e. The maximum absolute atomic E-state index is 13.2. The van der Waals surface area contributed by atoms with E-state index in [1.54, 1.807) is 30.2 Å². The third-order valence-corrected chi connectivity index (χ3v) is 5.34. The molecule has 1 N–H and O–H groups in total. The molecule has 28 heavy (non-hydrogen) atoms. The Bertz CT molecular complexity index is 953. The molecule has 0 bridgehead atoms. The highest BCUT2D eigenvalue weighted by Crippen LogP contribution is 2.39. The number of hydrogen-bond acceptors (Lipinski definition) is 3. The number of carbonyl (C=O) groups excluding carboxylic acids is 2. The lowest BCUT2D eigenvalue weighted by molar-refractivity contribution is -0.134. The molecule has 2 aliphatic heterocycles. The number of ether oxygens (including phenoxy) is 1. The van der Waals surface area contributed by atoms with E-state index in [-0.39, 0.29) is 24.1 Å². The van der Waals surface area contributed by atoms with E-state index in [0.29, 0.717) is 30.9 Å². The lowest BCUT2D eigenvalue weighted by Crippen LogP contribution is -2.40. The molecule has 0 aliphatic carbocycles. The fourth-order valence-corrected chi connectivity index (χ4v) is 3.86. The van der Waals surface area contributed by atoms with Crippen LogP contribution >= 0.6 is 0 Å². The summed E-state index contributed by atoms with van der Waals surface area (Å²) < 4.78 is 18.5. The minimum absolute atomic E-state index is 0.0567. The maximum Gasteiger partial charge on any atom is 0.231 e. The number of amides is 2. The topological polar surface area (TPSA) is 58.6 Å². The fraction of sp³-hybridized carbons (Fsp3) is 0.273. The second kappa shape index (κ2) is 7.46. The second-order valence-corrected chi connectivity index (χ2v) is 7.00. The van der Waals surface area contributed by atoms with Gasteiger partial charge < -0.3 is 15.0 Å². The summed E-state index contributed by atoms with van der Waals surface area (Å²) in [7, 11) is 1.54. The summed E-state index contributed by atoms with van der Waals surface area (Å²) >= 11 is 0. The van der Waals surface area contributed by atoms with E-state index in [9.17, 15) is 14.0 Å². The minimum atomic E-state index is -0.514. The minimum Gasteiger partial charge on any atom is -0.495 e. The Hall–Kier alpha value is -3.15. The molecule has 0 spiro atoms. The van der Waals surface area contributed by atoms with Gasteiger partial charge in [0.15, 0.2) is 0 Å². The summed E-state index contributed by atoms with van der Waals surface area (Å²) in [6.45, 7) is 1.04. The highest BCUT2D eigenvalue weighted by molar-refractivity contribution is 6.02. The average molecular weight is 380 g/mol. The Morgan fingerprint density at radius 3 is 2.68 bits per heavy atom. The van der Waals surface area contributed by atoms with Crippen LogP contribution in [0.1, 0.15) is 29.9 Å². The van der Waals surface area contributed by atoms with Crippen molar-refractivity contribution in [3.05, 3.63) is 65.5 Å². The molecule has 0 fully saturated rings. The van der Waals surface area contributed by atoms with Crippen molar-refractivity contribution in [2.24, 2.45) is 0 Å². The zero-order valence-electron chi connectivity index (χ0n) is 15.6. The van der Waals surface area contributed by atoms with E-state index in [1.165, 1.54) is 12.1 Å². The predicted molar refractivity (Wildman–Crippen MR) is 105 cm³/mol. The van der Waals surface area contributed by atoms with Crippen LogP contribution in [0.5, 0.6) is 5.75 Å². The van der Waals surface area contributed by atoms with Crippen LogP contribution in [0, 0.1) is 5.82 Å². The normalized spacial score (nSPS) is 18.8. The van der Waals surface area contributed by atoms with E-state index in [2.05, 4.69) is 5.32 Å². The van der Waals surface area contributed by atoms with Gasteiger partial charge in [0.1, 0.15) is 11.6 Å². The van der Waals surface area contributed by atoms with Crippen LogP contribution in [-0.4, -0.2) is 36.9 Å². The number of benzene rings is 2. The number of hydrogen-bond donors (Lipinski definition) is 1. The fourth-order valence-electron chi connectivity index (χ4n) is 3.86. The van der Waals surface area contributed by atoms with Crippen LogP contribution in [0.15, 0.2) is 48.5 Å². The summed E-state index contributed by atoms with van der Waals surface area (Å²) in [5, 5.41) is 2.82. The van der Waals surface area contributed by atoms with E-state index in [4.69, 9.17) is 4.74 Å². The Balaban J connectivity index is 1.55. The van der Waals surface area contributed by atoms with Gasteiger partial charge in [-0.1, -0.05) is 30.3 Å². The second-order valence-electron chi connectivity index (χ2n) is 7.00. The van der Waals surface area contributed by atoms with Crippen LogP contribution in [0.25, 0.3) is 5.57 Å². The lowest BCUT2D eigenvalue weighted by atomic mass is 9.88. The third-order valence-electron chi connectivity index (χ3n) is 5.34. The van der Waals surface area contributed by atoms with Gasteiger partial charge in [-0.05, 0) is 41.3 Å². The van der Waals surface area contributed by atoms with Gasteiger partial charge in [-0.2, -0.15) is 0 Å². The van der Waals surface area contributed by atoms with Gasteiger partial charge in [-0.25, -0.2) is 4.39 Å². The number of anilines is 1. The molecule has 2 aromatic rings. The van der Waals surface area contributed by atoms with Gasteiger partial charge in [0, 0.05) is 19.5 Å². The molecule has 0 aromatic heterocycles. The van der Waals surface area contributed by atoms with Gasteiger partial charge in [0.05, 0.1) is 18.7 Å². The van der Waals surface area contributed by atoms with Crippen molar-refractivity contribution >= 4 is 23.1 Å². The van der Waals surface area contributed by atoms with E-state index in [0.717, 1.165) is 16.7 Å². The molecule has 144 valence electrons. The Labute approximate surface area is 162 Å². The lowest BCUT2D eigenvalue weighted by Gasteiger charge is -2.33. The number of nitrogens with zero attached hydrogens (tertiary/aromatic N) is 1. The van der Waals surface area contributed by atoms with Gasteiger partial charge in [0.2, 0.25) is 11.8 Å². The molecule has 0 saturated carbocycles. The number of fused-ring (bicyclic) bond motifs is 1. The highest BCUT2D eigenvalue weighted by Gasteiger charge is 2.35. The van der Waals surface area contributed by atoms with Crippen LogP contribution in [0.3, 0.4) is 0 Å². The molecular formula is C22H21FN2O3. The summed E-state index contributed by atoms with van der Waals surface area (Å²) in [6, 6.07) is 11.9. The summed E-state index contributed by atoms with van der Waals surface area (Å²) in [4.78, 5) is 27.1. The van der Waals surface area contributed by atoms with Gasteiger partial charge in [-0.15, -0.1) is 0 Å². The molecule has 2 heterocycles. The molecule has 2 aliphatic rings. The van der Waals surface area contributed by atoms with Crippen LogP contribution in [0.2, 0.25) is 0 Å². The molecule has 0 saturated heterocycles. The quantitative estimate of drug-likeness (QED) is 0.886. The number of nitrogens with one attached hydrogen (secondary N) is 1. The van der Waals surface area contributed by atoms with Crippen molar-refractivity contribution in [3.8, 4) is 5.75 Å². The molecule has 1 atom stereocenters. The number of halogens is 1. The van der Waals surface area contributed by atoms with Crippen LogP contribution in [0.4, 0.5) is 10.1 Å². The number of carbonyl (C=O) groups is 2. The first-order chi connectivity index (χ1) is 13.6. The summed E-state index contributed by atoms with van der Waals surface area (Å²) in [5.41, 5.74) is 3.45. The Morgan fingerprint density at radius 2 is 2.00 bits per heavy atom. The van der Waals surface area contributed by atoms with Gasteiger partial charge in [0.25, 0.3) is 0 Å². The first kappa shape index (κ1) is 18.2. The Morgan fingerprint density at radius 1 is 1.21 bits per heavy atom. The molecule has 0 radical (unpaired) electrons.